The molecule has 0 radical (unpaired) electrons. The maximum atomic E-state index is 12.3. The Morgan fingerprint density at radius 1 is 0.952 bits per heavy atom. The number of unbranched alkanes of at least 4 members (excludes halogenated alkanes) is 1. The van der Waals surface area contributed by atoms with Gasteiger partial charge in [-0.2, -0.15) is 0 Å². The first-order valence-electron chi connectivity index (χ1n) is 7.16. The van der Waals surface area contributed by atoms with E-state index in [9.17, 15) is 4.79 Å². The highest BCUT2D eigenvalue weighted by Gasteiger charge is 2.08. The molecule has 1 nitrogen and oxygen atoms in total. The Kier molecular flexibility index (Phi) is 5.84. The van der Waals surface area contributed by atoms with Gasteiger partial charge in [-0.3, -0.25) is 4.79 Å². The summed E-state index contributed by atoms with van der Waals surface area (Å²) in [4.78, 5) is 12.3. The fraction of sp³-hybridized carbons (Fsp3) is 0.278. The first-order chi connectivity index (χ1) is 10.1. The molecule has 2 rings (SSSR count). The largest absolute Gasteiger partial charge is 0.294 e. The van der Waals surface area contributed by atoms with Crippen LogP contribution in [-0.2, 0) is 12.8 Å². The second kappa shape index (κ2) is 7.63. The quantitative estimate of drug-likeness (QED) is 0.618. The van der Waals surface area contributed by atoms with Crippen LogP contribution in [0.2, 0.25) is 10.0 Å². The highest BCUT2D eigenvalue weighted by atomic mass is 35.5. The molecule has 0 spiro atoms. The molecule has 110 valence electrons. The van der Waals surface area contributed by atoms with Crippen molar-refractivity contribution >= 4 is 29.0 Å². The SMILES string of the molecule is CCCCc1ccc(C(=O)Cc2ccc(Cl)c(Cl)c2)cc1. The fourth-order valence-corrected chi connectivity index (χ4v) is 2.50. The van der Waals surface area contributed by atoms with E-state index in [1.54, 1.807) is 12.1 Å². The van der Waals surface area contributed by atoms with E-state index in [0.717, 1.165) is 17.5 Å². The molecule has 0 aliphatic heterocycles. The van der Waals surface area contributed by atoms with E-state index in [4.69, 9.17) is 23.2 Å². The Hall–Kier alpha value is -1.31. The van der Waals surface area contributed by atoms with Crippen molar-refractivity contribution in [1.82, 2.24) is 0 Å². The number of Topliss-reactive ketones (excluding diaryl/α,β-unsaturated/α-hetero) is 1. The van der Waals surface area contributed by atoms with Crippen molar-refractivity contribution in [1.29, 1.82) is 0 Å². The summed E-state index contributed by atoms with van der Waals surface area (Å²) in [6.07, 6.45) is 3.76. The Labute approximate surface area is 135 Å². The minimum atomic E-state index is 0.0930. The van der Waals surface area contributed by atoms with Crippen LogP contribution in [0.5, 0.6) is 0 Å². The van der Waals surface area contributed by atoms with Crippen LogP contribution in [0.15, 0.2) is 42.5 Å². The first-order valence-corrected chi connectivity index (χ1v) is 7.92. The molecule has 0 unspecified atom stereocenters. The lowest BCUT2D eigenvalue weighted by atomic mass is 10.0. The molecule has 21 heavy (non-hydrogen) atoms. The second-order valence-corrected chi connectivity index (χ2v) is 5.96. The molecule has 2 aromatic rings. The molecule has 0 amide bonds. The number of aryl methyl sites for hydroxylation is 1. The molecule has 0 saturated heterocycles. The van der Waals surface area contributed by atoms with Crippen molar-refractivity contribution in [3.63, 3.8) is 0 Å². The standard InChI is InChI=1S/C18H18Cl2O/c1-2-3-4-13-5-8-15(9-6-13)18(21)12-14-7-10-16(19)17(20)11-14/h5-11H,2-4,12H2,1H3. The summed E-state index contributed by atoms with van der Waals surface area (Å²) >= 11 is 11.8. The van der Waals surface area contributed by atoms with Gasteiger partial charge in [0.05, 0.1) is 10.0 Å². The van der Waals surface area contributed by atoms with Gasteiger partial charge in [-0.25, -0.2) is 0 Å². The van der Waals surface area contributed by atoms with E-state index in [1.165, 1.54) is 18.4 Å². The zero-order chi connectivity index (χ0) is 15.2. The predicted molar refractivity (Wildman–Crippen MR) is 89.6 cm³/mol. The van der Waals surface area contributed by atoms with E-state index in [-0.39, 0.29) is 5.78 Å². The first kappa shape index (κ1) is 16.1. The summed E-state index contributed by atoms with van der Waals surface area (Å²) < 4.78 is 0. The molecule has 0 saturated carbocycles. The molecular weight excluding hydrogens is 303 g/mol. The molecule has 0 aliphatic rings. The van der Waals surface area contributed by atoms with E-state index in [1.807, 2.05) is 30.3 Å². The minimum Gasteiger partial charge on any atom is -0.294 e. The molecule has 0 aromatic heterocycles. The topological polar surface area (TPSA) is 17.1 Å². The van der Waals surface area contributed by atoms with Gasteiger partial charge in [-0.15, -0.1) is 0 Å². The van der Waals surface area contributed by atoms with Crippen LogP contribution in [0, 0.1) is 0 Å². The number of ketones is 1. The monoisotopic (exact) mass is 320 g/mol. The average Bonchev–Trinajstić information content (AvgIpc) is 2.49. The van der Waals surface area contributed by atoms with Gasteiger partial charge in [0, 0.05) is 12.0 Å². The number of benzene rings is 2. The Bertz CT molecular complexity index is 618. The summed E-state index contributed by atoms with van der Waals surface area (Å²) in [5.41, 5.74) is 2.90. The lowest BCUT2D eigenvalue weighted by Gasteiger charge is -2.05. The van der Waals surface area contributed by atoms with E-state index in [0.29, 0.717) is 16.5 Å². The van der Waals surface area contributed by atoms with Crippen LogP contribution in [-0.4, -0.2) is 5.78 Å². The summed E-state index contributed by atoms with van der Waals surface area (Å²) in [6, 6.07) is 13.2. The summed E-state index contributed by atoms with van der Waals surface area (Å²) in [6.45, 7) is 2.18. The van der Waals surface area contributed by atoms with Gasteiger partial charge in [0.1, 0.15) is 0 Å². The number of carbonyl (C=O) groups is 1. The maximum Gasteiger partial charge on any atom is 0.167 e. The molecule has 2 aromatic carbocycles. The van der Waals surface area contributed by atoms with Crippen molar-refractivity contribution in [2.45, 2.75) is 32.6 Å². The van der Waals surface area contributed by atoms with E-state index in [2.05, 4.69) is 6.92 Å². The van der Waals surface area contributed by atoms with Crippen LogP contribution >= 0.6 is 23.2 Å². The van der Waals surface area contributed by atoms with Crippen molar-refractivity contribution in [3.8, 4) is 0 Å². The number of hydrogen-bond donors (Lipinski definition) is 0. The Morgan fingerprint density at radius 3 is 2.24 bits per heavy atom. The second-order valence-electron chi connectivity index (χ2n) is 5.15. The van der Waals surface area contributed by atoms with Gasteiger partial charge in [-0.05, 0) is 36.1 Å². The molecule has 0 N–H and O–H groups in total. The highest BCUT2D eigenvalue weighted by Crippen LogP contribution is 2.23. The third-order valence-electron chi connectivity index (χ3n) is 3.44. The van der Waals surface area contributed by atoms with Crippen molar-refractivity contribution < 1.29 is 4.79 Å². The van der Waals surface area contributed by atoms with Crippen LogP contribution in [0.4, 0.5) is 0 Å². The Balaban J connectivity index is 2.04. The molecule has 0 fully saturated rings. The van der Waals surface area contributed by atoms with Crippen LogP contribution < -0.4 is 0 Å². The zero-order valence-corrected chi connectivity index (χ0v) is 13.5. The number of rotatable bonds is 6. The number of carbonyl (C=O) groups excluding carboxylic acids is 1. The van der Waals surface area contributed by atoms with E-state index >= 15 is 0 Å². The van der Waals surface area contributed by atoms with Crippen molar-refractivity contribution in [3.05, 3.63) is 69.2 Å². The summed E-state index contributed by atoms with van der Waals surface area (Å²) in [5.74, 6) is 0.0930. The lowest BCUT2D eigenvalue weighted by molar-refractivity contribution is 0.0993. The van der Waals surface area contributed by atoms with Gasteiger partial charge < -0.3 is 0 Å². The molecule has 0 atom stereocenters. The van der Waals surface area contributed by atoms with Crippen LogP contribution in [0.1, 0.15) is 41.3 Å². The van der Waals surface area contributed by atoms with Crippen LogP contribution in [0.25, 0.3) is 0 Å². The third-order valence-corrected chi connectivity index (χ3v) is 4.18. The predicted octanol–water partition coefficient (Wildman–Crippen LogP) is 5.76. The molecular formula is C18H18Cl2O. The van der Waals surface area contributed by atoms with Crippen molar-refractivity contribution in [2.24, 2.45) is 0 Å². The normalized spacial score (nSPS) is 10.6. The summed E-state index contributed by atoms with van der Waals surface area (Å²) in [7, 11) is 0. The van der Waals surface area contributed by atoms with Crippen molar-refractivity contribution in [2.75, 3.05) is 0 Å². The Morgan fingerprint density at radius 2 is 1.62 bits per heavy atom. The van der Waals surface area contributed by atoms with E-state index < -0.39 is 0 Å². The third kappa shape index (κ3) is 4.59. The smallest absolute Gasteiger partial charge is 0.167 e. The molecule has 0 aliphatic carbocycles. The van der Waals surface area contributed by atoms with Gasteiger partial charge >= 0.3 is 0 Å². The van der Waals surface area contributed by atoms with Crippen LogP contribution in [0.3, 0.4) is 0 Å². The molecule has 3 heteroatoms. The van der Waals surface area contributed by atoms with Gasteiger partial charge in [0.2, 0.25) is 0 Å². The highest BCUT2D eigenvalue weighted by molar-refractivity contribution is 6.42. The lowest BCUT2D eigenvalue weighted by Crippen LogP contribution is -2.03. The molecule has 0 bridgehead atoms. The molecule has 0 heterocycles. The zero-order valence-electron chi connectivity index (χ0n) is 12.0. The van der Waals surface area contributed by atoms with Gasteiger partial charge in [0.25, 0.3) is 0 Å². The van der Waals surface area contributed by atoms with Gasteiger partial charge in [0.15, 0.2) is 5.78 Å². The van der Waals surface area contributed by atoms with Gasteiger partial charge in [-0.1, -0.05) is 66.9 Å². The number of hydrogen-bond acceptors (Lipinski definition) is 1. The minimum absolute atomic E-state index is 0.0930. The fourth-order valence-electron chi connectivity index (χ4n) is 2.18. The average molecular weight is 321 g/mol. The maximum absolute atomic E-state index is 12.3. The summed E-state index contributed by atoms with van der Waals surface area (Å²) in [5, 5.41) is 0.991. The number of halogens is 2.